The third-order valence-corrected chi connectivity index (χ3v) is 4.54. The molecule has 0 saturated carbocycles. The summed E-state index contributed by atoms with van der Waals surface area (Å²) in [6.07, 6.45) is 1.60. The lowest BCUT2D eigenvalue weighted by atomic mass is 9.78. The summed E-state index contributed by atoms with van der Waals surface area (Å²) in [5, 5.41) is 6.43. The van der Waals surface area contributed by atoms with E-state index in [0.29, 0.717) is 13.2 Å². The lowest BCUT2D eigenvalue weighted by molar-refractivity contribution is -0.136. The molecule has 1 aliphatic rings. The first kappa shape index (κ1) is 19.7. The van der Waals surface area contributed by atoms with Gasteiger partial charge in [-0.3, -0.25) is 4.79 Å². The molecule has 0 aliphatic carbocycles. The van der Waals surface area contributed by atoms with E-state index in [0.717, 1.165) is 42.8 Å². The predicted octanol–water partition coefficient (Wildman–Crippen LogP) is 2.80. The molecule has 0 bridgehead atoms. The van der Waals surface area contributed by atoms with Crippen molar-refractivity contribution < 1.29 is 14.3 Å². The van der Waals surface area contributed by atoms with Crippen molar-refractivity contribution in [1.82, 2.24) is 10.6 Å². The monoisotopic (exact) mass is 348 g/mol. The Hall–Kier alpha value is -1.59. The van der Waals surface area contributed by atoms with Gasteiger partial charge in [-0.1, -0.05) is 12.1 Å². The predicted molar refractivity (Wildman–Crippen MR) is 99.8 cm³/mol. The normalized spacial score (nSPS) is 17.2. The minimum Gasteiger partial charge on any atom is -0.488 e. The summed E-state index contributed by atoms with van der Waals surface area (Å²) in [5.74, 6) is 0.900. The highest BCUT2D eigenvalue weighted by atomic mass is 16.5. The van der Waals surface area contributed by atoms with Crippen LogP contribution in [0.4, 0.5) is 0 Å². The van der Waals surface area contributed by atoms with Crippen molar-refractivity contribution in [3.63, 3.8) is 0 Å². The van der Waals surface area contributed by atoms with Crippen LogP contribution in [0.2, 0.25) is 0 Å². The van der Waals surface area contributed by atoms with Gasteiger partial charge in [-0.2, -0.15) is 0 Å². The van der Waals surface area contributed by atoms with E-state index in [1.54, 1.807) is 7.11 Å². The summed E-state index contributed by atoms with van der Waals surface area (Å²) in [4.78, 5) is 12.9. The van der Waals surface area contributed by atoms with Crippen molar-refractivity contribution in [3.8, 4) is 5.75 Å². The van der Waals surface area contributed by atoms with Crippen LogP contribution in [0.3, 0.4) is 0 Å². The number of hydrogen-bond donors (Lipinski definition) is 2. The van der Waals surface area contributed by atoms with Gasteiger partial charge >= 0.3 is 0 Å². The van der Waals surface area contributed by atoms with Crippen LogP contribution >= 0.6 is 0 Å². The van der Waals surface area contributed by atoms with Crippen molar-refractivity contribution in [2.24, 2.45) is 5.41 Å². The second-order valence-electron chi connectivity index (χ2n) is 7.97. The molecule has 1 amide bonds. The van der Waals surface area contributed by atoms with Gasteiger partial charge in [-0.05, 0) is 65.3 Å². The molecule has 5 nitrogen and oxygen atoms in total. The van der Waals surface area contributed by atoms with Gasteiger partial charge in [0.05, 0.1) is 12.0 Å². The summed E-state index contributed by atoms with van der Waals surface area (Å²) in [7, 11) is 1.66. The van der Waals surface area contributed by atoms with Gasteiger partial charge in [0.1, 0.15) is 11.4 Å². The van der Waals surface area contributed by atoms with E-state index in [4.69, 9.17) is 9.47 Å². The Kier molecular flexibility index (Phi) is 6.47. The van der Waals surface area contributed by atoms with Crippen LogP contribution < -0.4 is 15.4 Å². The fraction of sp³-hybridized carbons (Fsp3) is 0.650. The number of rotatable bonds is 6. The lowest BCUT2D eigenvalue weighted by Gasteiger charge is -2.35. The molecule has 1 heterocycles. The number of carbonyl (C=O) groups is 1. The molecular weight excluding hydrogens is 316 g/mol. The SMILES string of the molecule is COCC1(C(=O)NCc2ccc(C)cc2OC(C)(C)C)CCNCC1. The molecule has 5 heteroatoms. The smallest absolute Gasteiger partial charge is 0.228 e. The molecule has 2 rings (SSSR count). The molecule has 1 fully saturated rings. The number of methoxy groups -OCH3 is 1. The molecule has 2 N–H and O–H groups in total. The van der Waals surface area contributed by atoms with Crippen molar-refractivity contribution in [1.29, 1.82) is 0 Å². The summed E-state index contributed by atoms with van der Waals surface area (Å²) in [5.41, 5.74) is 1.42. The molecule has 0 atom stereocenters. The van der Waals surface area contributed by atoms with E-state index in [1.807, 2.05) is 45.9 Å². The highest BCUT2D eigenvalue weighted by molar-refractivity contribution is 5.83. The summed E-state index contributed by atoms with van der Waals surface area (Å²) < 4.78 is 11.4. The van der Waals surface area contributed by atoms with Gasteiger partial charge < -0.3 is 20.1 Å². The molecular formula is C20H32N2O3. The maximum absolute atomic E-state index is 12.9. The van der Waals surface area contributed by atoms with Gasteiger partial charge in [-0.25, -0.2) is 0 Å². The Labute approximate surface area is 151 Å². The van der Waals surface area contributed by atoms with E-state index < -0.39 is 5.41 Å². The highest BCUT2D eigenvalue weighted by Crippen LogP contribution is 2.30. The molecule has 0 spiro atoms. The molecule has 1 saturated heterocycles. The van der Waals surface area contributed by atoms with Gasteiger partial charge in [0.2, 0.25) is 5.91 Å². The zero-order valence-electron chi connectivity index (χ0n) is 16.2. The van der Waals surface area contributed by atoms with Crippen LogP contribution in [-0.2, 0) is 16.1 Å². The Morgan fingerprint density at radius 1 is 1.28 bits per heavy atom. The first-order chi connectivity index (χ1) is 11.8. The average molecular weight is 348 g/mol. The minimum atomic E-state index is -0.435. The van der Waals surface area contributed by atoms with Gasteiger partial charge in [0, 0.05) is 19.2 Å². The maximum atomic E-state index is 12.9. The third-order valence-electron chi connectivity index (χ3n) is 4.54. The van der Waals surface area contributed by atoms with Gasteiger partial charge in [0.15, 0.2) is 0 Å². The number of carbonyl (C=O) groups excluding carboxylic acids is 1. The number of benzene rings is 1. The zero-order chi connectivity index (χ0) is 18.5. The number of amides is 1. The summed E-state index contributed by atoms with van der Waals surface area (Å²) in [6, 6.07) is 6.11. The second-order valence-corrected chi connectivity index (χ2v) is 7.97. The topological polar surface area (TPSA) is 59.6 Å². The Bertz CT molecular complexity index is 582. The zero-order valence-corrected chi connectivity index (χ0v) is 16.2. The Morgan fingerprint density at radius 3 is 2.56 bits per heavy atom. The molecule has 0 radical (unpaired) electrons. The second kappa shape index (κ2) is 8.19. The maximum Gasteiger partial charge on any atom is 0.228 e. The van der Waals surface area contributed by atoms with Crippen LogP contribution in [-0.4, -0.2) is 38.3 Å². The lowest BCUT2D eigenvalue weighted by Crippen LogP contribution is -2.50. The van der Waals surface area contributed by atoms with Gasteiger partial charge in [-0.15, -0.1) is 0 Å². The summed E-state index contributed by atoms with van der Waals surface area (Å²) in [6.45, 7) is 10.7. The molecule has 25 heavy (non-hydrogen) atoms. The molecule has 0 aromatic heterocycles. The van der Waals surface area contributed by atoms with E-state index in [-0.39, 0.29) is 11.5 Å². The number of nitrogens with one attached hydrogen (secondary N) is 2. The van der Waals surface area contributed by atoms with Crippen molar-refractivity contribution in [3.05, 3.63) is 29.3 Å². The highest BCUT2D eigenvalue weighted by Gasteiger charge is 2.39. The van der Waals surface area contributed by atoms with Crippen LogP contribution in [0.1, 0.15) is 44.7 Å². The number of piperidine rings is 1. The van der Waals surface area contributed by atoms with E-state index in [1.165, 1.54) is 0 Å². The minimum absolute atomic E-state index is 0.0677. The molecule has 1 aliphatic heterocycles. The van der Waals surface area contributed by atoms with Crippen LogP contribution in [0, 0.1) is 12.3 Å². The fourth-order valence-electron chi connectivity index (χ4n) is 3.21. The van der Waals surface area contributed by atoms with E-state index >= 15 is 0 Å². The molecule has 1 aromatic rings. The number of ether oxygens (including phenoxy) is 2. The van der Waals surface area contributed by atoms with Crippen molar-refractivity contribution in [2.45, 2.75) is 52.7 Å². The third kappa shape index (κ3) is 5.44. The van der Waals surface area contributed by atoms with Crippen molar-refractivity contribution >= 4 is 5.91 Å². The molecule has 1 aromatic carbocycles. The summed E-state index contributed by atoms with van der Waals surface area (Å²) >= 11 is 0. The fourth-order valence-corrected chi connectivity index (χ4v) is 3.21. The van der Waals surface area contributed by atoms with Gasteiger partial charge in [0.25, 0.3) is 0 Å². The van der Waals surface area contributed by atoms with Crippen LogP contribution in [0.5, 0.6) is 5.75 Å². The van der Waals surface area contributed by atoms with Crippen LogP contribution in [0.25, 0.3) is 0 Å². The van der Waals surface area contributed by atoms with Crippen LogP contribution in [0.15, 0.2) is 18.2 Å². The first-order valence-electron chi connectivity index (χ1n) is 9.02. The number of aryl methyl sites for hydroxylation is 1. The van der Waals surface area contributed by atoms with E-state index in [2.05, 4.69) is 10.6 Å². The standard InChI is InChI=1S/C20H32N2O3/c1-15-6-7-16(17(12-15)25-19(2,3)4)13-22-18(23)20(14-24-5)8-10-21-11-9-20/h6-7,12,21H,8-11,13-14H2,1-5H3,(H,22,23). The quantitative estimate of drug-likeness (QED) is 0.830. The Morgan fingerprint density at radius 2 is 1.96 bits per heavy atom. The molecule has 140 valence electrons. The van der Waals surface area contributed by atoms with Crippen molar-refractivity contribution in [2.75, 3.05) is 26.8 Å². The number of hydrogen-bond acceptors (Lipinski definition) is 4. The average Bonchev–Trinajstić information content (AvgIpc) is 2.53. The molecule has 0 unspecified atom stereocenters. The Balaban J connectivity index is 2.10. The largest absolute Gasteiger partial charge is 0.488 e. The first-order valence-corrected chi connectivity index (χ1v) is 9.02. The van der Waals surface area contributed by atoms with E-state index in [9.17, 15) is 4.79 Å².